The molecule has 3 rings (SSSR count). The van der Waals surface area contributed by atoms with Crippen molar-refractivity contribution in [2.24, 2.45) is 0 Å². The van der Waals surface area contributed by atoms with Gasteiger partial charge in [0.2, 0.25) is 0 Å². The lowest BCUT2D eigenvalue weighted by molar-refractivity contribution is 0.0970. The van der Waals surface area contributed by atoms with E-state index in [0.29, 0.717) is 24.5 Å². The summed E-state index contributed by atoms with van der Waals surface area (Å²) in [5, 5.41) is 0. The maximum atomic E-state index is 14.5. The number of hydrogen-bond acceptors (Lipinski definition) is 4. The lowest BCUT2D eigenvalue weighted by Gasteiger charge is -2.18. The Bertz CT molecular complexity index is 1080. The molecule has 1 heterocycles. The molecule has 162 valence electrons. The number of ketones is 1. The molecule has 0 fully saturated rings. The van der Waals surface area contributed by atoms with E-state index >= 15 is 0 Å². The number of pyridine rings is 1. The number of benzene rings is 2. The van der Waals surface area contributed by atoms with Gasteiger partial charge in [-0.05, 0) is 30.8 Å². The Morgan fingerprint density at radius 1 is 1.03 bits per heavy atom. The van der Waals surface area contributed by atoms with E-state index in [1.165, 1.54) is 22.9 Å². The first-order valence-electron chi connectivity index (χ1n) is 10.4. The summed E-state index contributed by atoms with van der Waals surface area (Å²) in [5.74, 6) is -0.299. The van der Waals surface area contributed by atoms with Crippen molar-refractivity contribution in [3.63, 3.8) is 0 Å². The summed E-state index contributed by atoms with van der Waals surface area (Å²) in [6.07, 6.45) is 1.52. The Balaban J connectivity index is 1.64. The number of halogens is 1. The number of aromatic nitrogens is 1. The van der Waals surface area contributed by atoms with Gasteiger partial charge in [0.15, 0.2) is 5.78 Å². The molecule has 0 N–H and O–H groups in total. The monoisotopic (exact) mass is 422 g/mol. The van der Waals surface area contributed by atoms with Crippen LogP contribution in [-0.4, -0.2) is 28.3 Å². The molecule has 0 radical (unpaired) electrons. The highest BCUT2D eigenvalue weighted by atomic mass is 19.1. The molecular formula is C25H27FN2O3. The Labute approximate surface area is 181 Å². The smallest absolute Gasteiger partial charge is 0.254 e. The largest absolute Gasteiger partial charge is 0.489 e. The topological polar surface area (TPSA) is 51.5 Å². The molecule has 6 heteroatoms. The van der Waals surface area contributed by atoms with Crippen LogP contribution < -0.4 is 10.3 Å². The van der Waals surface area contributed by atoms with Crippen molar-refractivity contribution in [3.05, 3.63) is 99.7 Å². The first-order chi connectivity index (χ1) is 15.0. The van der Waals surface area contributed by atoms with Gasteiger partial charge in [0.25, 0.3) is 5.56 Å². The van der Waals surface area contributed by atoms with Gasteiger partial charge in [-0.2, -0.15) is 0 Å². The summed E-state index contributed by atoms with van der Waals surface area (Å²) >= 11 is 0. The lowest BCUT2D eigenvalue weighted by atomic mass is 10.1. The number of nitrogens with zero attached hydrogens (tertiary/aromatic N) is 2. The maximum Gasteiger partial charge on any atom is 0.254 e. The molecule has 0 amide bonds. The number of carbonyl (C=O) groups is 1. The first-order valence-corrected chi connectivity index (χ1v) is 10.4. The molecule has 0 saturated carbocycles. The van der Waals surface area contributed by atoms with Gasteiger partial charge in [0.05, 0.1) is 6.54 Å². The van der Waals surface area contributed by atoms with Crippen LogP contribution in [0.15, 0.2) is 71.7 Å². The van der Waals surface area contributed by atoms with Crippen LogP contribution in [0.4, 0.5) is 4.39 Å². The fraction of sp³-hybridized carbons (Fsp3) is 0.280. The summed E-state index contributed by atoms with van der Waals surface area (Å²) in [6, 6.07) is 17.1. The third-order valence-corrected chi connectivity index (χ3v) is 5.19. The van der Waals surface area contributed by atoms with Crippen LogP contribution in [0.5, 0.6) is 5.75 Å². The molecule has 0 spiro atoms. The van der Waals surface area contributed by atoms with Crippen LogP contribution >= 0.6 is 0 Å². The fourth-order valence-corrected chi connectivity index (χ4v) is 3.23. The average molecular weight is 423 g/mol. The van der Waals surface area contributed by atoms with Crippen molar-refractivity contribution in [2.75, 3.05) is 13.1 Å². The second-order valence-corrected chi connectivity index (χ2v) is 7.29. The van der Waals surface area contributed by atoms with Crippen LogP contribution in [0.1, 0.15) is 35.3 Å². The van der Waals surface area contributed by atoms with Gasteiger partial charge >= 0.3 is 0 Å². The molecular weight excluding hydrogens is 395 g/mol. The molecule has 0 aliphatic rings. The van der Waals surface area contributed by atoms with E-state index in [2.05, 4.69) is 4.90 Å². The molecule has 0 aliphatic heterocycles. The van der Waals surface area contributed by atoms with Crippen molar-refractivity contribution < 1.29 is 13.9 Å². The Hall–Kier alpha value is -3.25. The number of ether oxygens (including phenoxy) is 1. The lowest BCUT2D eigenvalue weighted by Crippen LogP contribution is -2.24. The molecule has 31 heavy (non-hydrogen) atoms. The quantitative estimate of drug-likeness (QED) is 0.458. The van der Waals surface area contributed by atoms with Crippen LogP contribution in [-0.2, 0) is 19.7 Å². The Morgan fingerprint density at radius 2 is 1.77 bits per heavy atom. The zero-order valence-electron chi connectivity index (χ0n) is 17.9. The van der Waals surface area contributed by atoms with E-state index in [4.69, 9.17) is 4.74 Å². The van der Waals surface area contributed by atoms with Crippen molar-refractivity contribution in [1.82, 2.24) is 9.47 Å². The highest BCUT2D eigenvalue weighted by Crippen LogP contribution is 2.15. The van der Waals surface area contributed by atoms with Crippen molar-refractivity contribution >= 4 is 5.78 Å². The van der Waals surface area contributed by atoms with Gasteiger partial charge < -0.3 is 9.30 Å². The van der Waals surface area contributed by atoms with Gasteiger partial charge in [0.1, 0.15) is 18.2 Å². The third-order valence-electron chi connectivity index (χ3n) is 5.19. The van der Waals surface area contributed by atoms with E-state index < -0.39 is 5.82 Å². The average Bonchev–Trinajstić information content (AvgIpc) is 2.79. The Kier molecular flexibility index (Phi) is 7.73. The fourth-order valence-electron chi connectivity index (χ4n) is 3.23. The van der Waals surface area contributed by atoms with Gasteiger partial charge in [-0.25, -0.2) is 4.39 Å². The molecule has 1 aromatic heterocycles. The minimum atomic E-state index is -0.408. The van der Waals surface area contributed by atoms with Crippen LogP contribution in [0.3, 0.4) is 0 Å². The number of Topliss-reactive ketones (excluding diaryl/α,β-unsaturated/α-hetero) is 1. The minimum Gasteiger partial charge on any atom is -0.489 e. The Morgan fingerprint density at radius 3 is 2.42 bits per heavy atom. The molecule has 0 saturated heterocycles. The highest BCUT2D eigenvalue weighted by Gasteiger charge is 2.13. The van der Waals surface area contributed by atoms with E-state index in [1.54, 1.807) is 18.2 Å². The predicted octanol–water partition coefficient (Wildman–Crippen LogP) is 4.29. The van der Waals surface area contributed by atoms with E-state index in [9.17, 15) is 14.0 Å². The van der Waals surface area contributed by atoms with E-state index in [-0.39, 0.29) is 23.5 Å². The third kappa shape index (κ3) is 6.12. The summed E-state index contributed by atoms with van der Waals surface area (Å²) in [5.41, 5.74) is 1.44. The SMILES string of the molecule is CCN(CC)Cc1ccc(C(=O)Cn2ccc(OCc3ccccc3)cc2=O)cc1F. The molecule has 3 aromatic rings. The standard InChI is InChI=1S/C25H27FN2O3/c1-3-27(4-2)16-21-11-10-20(14-23(21)26)24(29)17-28-13-12-22(15-25(28)30)31-18-19-8-6-5-7-9-19/h5-15H,3-4,16-18H2,1-2H3. The zero-order chi connectivity index (χ0) is 22.2. The molecule has 0 unspecified atom stereocenters. The first kappa shape index (κ1) is 22.4. The van der Waals surface area contributed by atoms with Crippen molar-refractivity contribution in [3.8, 4) is 5.75 Å². The number of rotatable bonds is 10. The summed E-state index contributed by atoms with van der Waals surface area (Å²) < 4.78 is 21.4. The van der Waals surface area contributed by atoms with Gasteiger partial charge in [-0.3, -0.25) is 14.5 Å². The molecule has 5 nitrogen and oxygen atoms in total. The van der Waals surface area contributed by atoms with E-state index in [1.807, 2.05) is 44.2 Å². The molecule has 0 atom stereocenters. The molecule has 2 aromatic carbocycles. The van der Waals surface area contributed by atoms with Crippen molar-refractivity contribution in [1.29, 1.82) is 0 Å². The minimum absolute atomic E-state index is 0.160. The van der Waals surface area contributed by atoms with Gasteiger partial charge in [0, 0.05) is 29.9 Å². The number of carbonyl (C=O) groups excluding carboxylic acids is 1. The normalized spacial score (nSPS) is 11.0. The summed E-state index contributed by atoms with van der Waals surface area (Å²) in [4.78, 5) is 27.1. The predicted molar refractivity (Wildman–Crippen MR) is 119 cm³/mol. The summed E-state index contributed by atoms with van der Waals surface area (Å²) in [6.45, 7) is 6.38. The molecule has 0 aliphatic carbocycles. The summed E-state index contributed by atoms with van der Waals surface area (Å²) in [7, 11) is 0. The van der Waals surface area contributed by atoms with Crippen LogP contribution in [0.2, 0.25) is 0 Å². The second kappa shape index (κ2) is 10.7. The second-order valence-electron chi connectivity index (χ2n) is 7.29. The molecule has 0 bridgehead atoms. The maximum absolute atomic E-state index is 14.5. The van der Waals surface area contributed by atoms with Crippen LogP contribution in [0, 0.1) is 5.82 Å². The number of hydrogen-bond donors (Lipinski definition) is 0. The highest BCUT2D eigenvalue weighted by molar-refractivity contribution is 5.95. The zero-order valence-corrected chi connectivity index (χ0v) is 17.9. The van der Waals surface area contributed by atoms with Gasteiger partial charge in [-0.15, -0.1) is 0 Å². The van der Waals surface area contributed by atoms with Crippen molar-refractivity contribution in [2.45, 2.75) is 33.5 Å². The van der Waals surface area contributed by atoms with Crippen LogP contribution in [0.25, 0.3) is 0 Å². The van der Waals surface area contributed by atoms with Gasteiger partial charge in [-0.1, -0.05) is 56.3 Å². The van der Waals surface area contributed by atoms with E-state index in [0.717, 1.165) is 18.7 Å².